The van der Waals surface area contributed by atoms with Gasteiger partial charge in [-0.05, 0) is 36.1 Å². The van der Waals surface area contributed by atoms with Gasteiger partial charge in [-0.1, -0.05) is 12.1 Å². The summed E-state index contributed by atoms with van der Waals surface area (Å²) in [5.74, 6) is -1.17. The molecule has 2 amide bonds. The van der Waals surface area contributed by atoms with Crippen molar-refractivity contribution < 1.29 is 23.9 Å². The lowest BCUT2D eigenvalue weighted by Gasteiger charge is -2.32. The molecule has 2 aliphatic heterocycles. The number of ether oxygens (including phenoxy) is 2. The Balaban J connectivity index is 2.09. The smallest absolute Gasteiger partial charge is 0.326 e. The van der Waals surface area contributed by atoms with Gasteiger partial charge in [0, 0.05) is 13.1 Å². The normalized spacial score (nSPS) is 29.8. The first kappa shape index (κ1) is 19.7. The maximum absolute atomic E-state index is 12.9. The molecule has 0 radical (unpaired) electrons. The van der Waals surface area contributed by atoms with Crippen LogP contribution in [0.25, 0.3) is 0 Å². The molecule has 0 spiro atoms. The monoisotopic (exact) mass is 392 g/mol. The number of fused-ring (bicyclic) bond motifs is 1. The van der Waals surface area contributed by atoms with Gasteiger partial charge < -0.3 is 9.47 Å². The number of esters is 1. The van der Waals surface area contributed by atoms with Crippen molar-refractivity contribution in [3.63, 3.8) is 0 Å². The van der Waals surface area contributed by atoms with Crippen molar-refractivity contribution in [2.24, 2.45) is 11.8 Å². The van der Waals surface area contributed by atoms with Crippen molar-refractivity contribution in [3.05, 3.63) is 29.8 Å². The molecule has 2 fully saturated rings. The molecule has 4 atom stereocenters. The highest BCUT2D eigenvalue weighted by atomic mass is 32.2. The maximum atomic E-state index is 12.9. The van der Waals surface area contributed by atoms with Crippen LogP contribution in [0.15, 0.2) is 24.3 Å². The lowest BCUT2D eigenvalue weighted by Crippen LogP contribution is -2.56. The lowest BCUT2D eigenvalue weighted by atomic mass is 9.78. The molecular formula is C19H24N2O5S. The van der Waals surface area contributed by atoms with E-state index in [4.69, 9.17) is 9.47 Å². The van der Waals surface area contributed by atoms with Crippen molar-refractivity contribution in [1.29, 1.82) is 0 Å². The van der Waals surface area contributed by atoms with E-state index in [-0.39, 0.29) is 11.8 Å². The van der Waals surface area contributed by atoms with Crippen LogP contribution in [0.2, 0.25) is 0 Å². The largest absolute Gasteiger partial charge is 0.497 e. The lowest BCUT2D eigenvalue weighted by molar-refractivity contribution is -0.154. The number of carbonyl (C=O) groups is 3. The summed E-state index contributed by atoms with van der Waals surface area (Å²) in [6.45, 7) is 0. The minimum Gasteiger partial charge on any atom is -0.497 e. The molecule has 1 N–H and O–H groups in total. The van der Waals surface area contributed by atoms with Crippen molar-refractivity contribution in [1.82, 2.24) is 10.2 Å². The van der Waals surface area contributed by atoms with E-state index in [9.17, 15) is 14.4 Å². The van der Waals surface area contributed by atoms with Crippen molar-refractivity contribution >= 4 is 29.5 Å². The van der Waals surface area contributed by atoms with Crippen LogP contribution < -0.4 is 10.1 Å². The fourth-order valence-corrected chi connectivity index (χ4v) is 4.74. The zero-order chi connectivity index (χ0) is 19.8. The number of rotatable bonds is 6. The summed E-state index contributed by atoms with van der Waals surface area (Å²) >= 11 is 1.58. The van der Waals surface area contributed by atoms with Crippen LogP contribution in [0, 0.1) is 11.8 Å². The van der Waals surface area contributed by atoms with Gasteiger partial charge in [-0.15, -0.1) is 0 Å². The molecule has 0 aliphatic carbocycles. The summed E-state index contributed by atoms with van der Waals surface area (Å²) in [6.07, 6.45) is 2.34. The molecule has 2 aliphatic rings. The predicted octanol–water partition coefficient (Wildman–Crippen LogP) is 1.24. The van der Waals surface area contributed by atoms with Gasteiger partial charge in [-0.2, -0.15) is 11.8 Å². The number of amides is 2. The van der Waals surface area contributed by atoms with E-state index >= 15 is 0 Å². The SMILES string of the molecule is COC(=O)[C@]1(CCSC)N[C@@H](c2ccc(OC)cc2)[C@@H]2C(=O)N(C)C(=O)[C@H]21. The van der Waals surface area contributed by atoms with Crippen molar-refractivity contribution in [2.45, 2.75) is 18.0 Å². The minimum absolute atomic E-state index is 0.270. The van der Waals surface area contributed by atoms with E-state index in [0.717, 1.165) is 10.5 Å². The number of thioether (sulfide) groups is 1. The fraction of sp³-hybridized carbons (Fsp3) is 0.526. The third kappa shape index (κ3) is 3.00. The number of nitrogens with one attached hydrogen (secondary N) is 1. The Hall–Kier alpha value is -2.06. The maximum Gasteiger partial charge on any atom is 0.326 e. The van der Waals surface area contributed by atoms with Gasteiger partial charge in [0.25, 0.3) is 0 Å². The Labute approximate surface area is 162 Å². The molecular weight excluding hydrogens is 368 g/mol. The summed E-state index contributed by atoms with van der Waals surface area (Å²) in [6, 6.07) is 6.86. The Morgan fingerprint density at radius 3 is 2.44 bits per heavy atom. The van der Waals surface area contributed by atoms with Gasteiger partial charge in [-0.3, -0.25) is 24.6 Å². The minimum atomic E-state index is -1.22. The zero-order valence-corrected chi connectivity index (χ0v) is 16.7. The van der Waals surface area contributed by atoms with E-state index in [1.807, 2.05) is 18.4 Å². The van der Waals surface area contributed by atoms with E-state index in [2.05, 4.69) is 5.32 Å². The van der Waals surface area contributed by atoms with Crippen LogP contribution >= 0.6 is 11.8 Å². The second-order valence-corrected chi connectivity index (χ2v) is 7.83. The number of imide groups is 1. The highest BCUT2D eigenvalue weighted by Gasteiger charge is 2.67. The molecule has 1 aromatic rings. The van der Waals surface area contributed by atoms with Gasteiger partial charge in [0.05, 0.1) is 26.1 Å². The number of hydrogen-bond donors (Lipinski definition) is 1. The van der Waals surface area contributed by atoms with Crippen LogP contribution in [0.3, 0.4) is 0 Å². The van der Waals surface area contributed by atoms with E-state index in [0.29, 0.717) is 17.9 Å². The summed E-state index contributed by atoms with van der Waals surface area (Å²) in [5, 5.41) is 3.33. The molecule has 8 heteroatoms. The standard InChI is InChI=1S/C19H24N2O5S/c1-21-16(22)13-14(17(21)23)19(9-10-27-4,18(24)26-3)20-15(13)11-5-7-12(25-2)8-6-11/h5-8,13-15,20H,9-10H2,1-4H3/t13-,14+,15+,19-/m1/s1. The molecule has 146 valence electrons. The molecule has 7 nitrogen and oxygen atoms in total. The van der Waals surface area contributed by atoms with Gasteiger partial charge in [-0.25, -0.2) is 0 Å². The number of benzene rings is 1. The third-order valence-corrected chi connectivity index (χ3v) is 6.21. The number of nitrogens with zero attached hydrogens (tertiary/aromatic N) is 1. The zero-order valence-electron chi connectivity index (χ0n) is 15.9. The molecule has 3 rings (SSSR count). The first-order valence-corrected chi connectivity index (χ1v) is 10.1. The van der Waals surface area contributed by atoms with E-state index < -0.39 is 29.4 Å². The number of carbonyl (C=O) groups excluding carboxylic acids is 3. The van der Waals surface area contributed by atoms with Gasteiger partial charge in [0.1, 0.15) is 11.3 Å². The first-order chi connectivity index (χ1) is 12.9. The highest BCUT2D eigenvalue weighted by Crippen LogP contribution is 2.50. The van der Waals surface area contributed by atoms with Crippen LogP contribution in [-0.2, 0) is 19.1 Å². The molecule has 2 saturated heterocycles. The van der Waals surface area contributed by atoms with Gasteiger partial charge in [0.15, 0.2) is 0 Å². The summed E-state index contributed by atoms with van der Waals surface area (Å²) in [7, 11) is 4.37. The topological polar surface area (TPSA) is 84.9 Å². The molecule has 0 bridgehead atoms. The molecule has 2 heterocycles. The molecule has 0 unspecified atom stereocenters. The van der Waals surface area contributed by atoms with Crippen LogP contribution in [0.4, 0.5) is 0 Å². The second-order valence-electron chi connectivity index (χ2n) is 6.84. The fourth-order valence-electron chi connectivity index (χ4n) is 4.21. The predicted molar refractivity (Wildman–Crippen MR) is 101 cm³/mol. The van der Waals surface area contributed by atoms with E-state index in [1.165, 1.54) is 14.2 Å². The molecule has 27 heavy (non-hydrogen) atoms. The quantitative estimate of drug-likeness (QED) is 0.576. The molecule has 0 saturated carbocycles. The summed E-state index contributed by atoms with van der Waals surface area (Å²) in [5.41, 5.74) is -0.387. The summed E-state index contributed by atoms with van der Waals surface area (Å²) in [4.78, 5) is 39.7. The average molecular weight is 392 g/mol. The average Bonchev–Trinajstić information content (AvgIpc) is 3.16. The Morgan fingerprint density at radius 2 is 1.89 bits per heavy atom. The number of likely N-dealkylation sites (tertiary alicyclic amines) is 1. The van der Waals surface area contributed by atoms with Gasteiger partial charge in [0.2, 0.25) is 11.8 Å². The molecule has 0 aromatic heterocycles. The first-order valence-electron chi connectivity index (χ1n) is 8.71. The van der Waals surface area contributed by atoms with Crippen LogP contribution in [0.1, 0.15) is 18.0 Å². The number of methoxy groups -OCH3 is 2. The molecule has 1 aromatic carbocycles. The Morgan fingerprint density at radius 1 is 1.22 bits per heavy atom. The highest BCUT2D eigenvalue weighted by molar-refractivity contribution is 7.98. The van der Waals surface area contributed by atoms with Crippen molar-refractivity contribution in [2.75, 3.05) is 33.3 Å². The summed E-state index contributed by atoms with van der Waals surface area (Å²) < 4.78 is 10.3. The van der Waals surface area contributed by atoms with Crippen LogP contribution in [-0.4, -0.2) is 61.5 Å². The van der Waals surface area contributed by atoms with E-state index in [1.54, 1.807) is 31.0 Å². The number of hydrogen-bond acceptors (Lipinski definition) is 7. The third-order valence-electron chi connectivity index (χ3n) is 5.60. The Bertz CT molecular complexity index is 753. The van der Waals surface area contributed by atoms with Crippen LogP contribution in [0.5, 0.6) is 5.75 Å². The Kier molecular flexibility index (Phi) is 5.48. The van der Waals surface area contributed by atoms with Gasteiger partial charge >= 0.3 is 5.97 Å². The van der Waals surface area contributed by atoms with Crippen molar-refractivity contribution in [3.8, 4) is 5.75 Å². The second kappa shape index (κ2) is 7.52.